The third-order valence-electron chi connectivity index (χ3n) is 3.72. The summed E-state index contributed by atoms with van der Waals surface area (Å²) in [7, 11) is 0. The Morgan fingerprint density at radius 2 is 2.05 bits per heavy atom. The van der Waals surface area contributed by atoms with Crippen LogP contribution in [0.4, 0.5) is 0 Å². The normalized spacial score (nSPS) is 19.2. The van der Waals surface area contributed by atoms with Crippen LogP contribution in [0.5, 0.6) is 0 Å². The van der Waals surface area contributed by atoms with Crippen molar-refractivity contribution in [1.82, 2.24) is 10.3 Å². The first-order valence-electron chi connectivity index (χ1n) is 6.66. The fraction of sp³-hybridized carbons (Fsp3) is 0.312. The first-order chi connectivity index (χ1) is 9.22. The van der Waals surface area contributed by atoms with E-state index in [1.807, 2.05) is 24.4 Å². The van der Waals surface area contributed by atoms with Gasteiger partial charge in [-0.25, -0.2) is 0 Å². The van der Waals surface area contributed by atoms with E-state index >= 15 is 0 Å². The topological polar surface area (TPSA) is 24.9 Å². The zero-order valence-electron chi connectivity index (χ0n) is 10.9. The summed E-state index contributed by atoms with van der Waals surface area (Å²) in [6.45, 7) is 2.16. The fourth-order valence-corrected chi connectivity index (χ4v) is 2.97. The molecule has 1 heterocycles. The largest absolute Gasteiger partial charge is 0.305 e. The van der Waals surface area contributed by atoms with Gasteiger partial charge in [0.1, 0.15) is 0 Å². The van der Waals surface area contributed by atoms with Crippen LogP contribution in [0.3, 0.4) is 0 Å². The van der Waals surface area contributed by atoms with Gasteiger partial charge in [-0.3, -0.25) is 4.98 Å². The molecule has 0 fully saturated rings. The lowest BCUT2D eigenvalue weighted by Crippen LogP contribution is -2.32. The SMILES string of the molecule is C[C@@H](NC1Cc2ccc(Cl)cc2C1)c1ccccn1. The molecular formula is C16H17ClN2. The van der Waals surface area contributed by atoms with Gasteiger partial charge in [0.2, 0.25) is 0 Å². The van der Waals surface area contributed by atoms with Crippen molar-refractivity contribution in [2.24, 2.45) is 0 Å². The molecule has 1 aliphatic carbocycles. The Labute approximate surface area is 118 Å². The number of nitrogens with one attached hydrogen (secondary N) is 1. The van der Waals surface area contributed by atoms with E-state index in [0.29, 0.717) is 6.04 Å². The van der Waals surface area contributed by atoms with Crippen LogP contribution in [-0.4, -0.2) is 11.0 Å². The van der Waals surface area contributed by atoms with Crippen LogP contribution in [-0.2, 0) is 12.8 Å². The standard InChI is InChI=1S/C16H17ClN2/c1-11(16-4-2-3-7-18-16)19-15-9-12-5-6-14(17)8-13(12)10-15/h2-8,11,15,19H,9-10H2,1H3/t11-,15?/m1/s1. The molecule has 1 unspecified atom stereocenters. The summed E-state index contributed by atoms with van der Waals surface area (Å²) in [6, 6.07) is 13.0. The number of hydrogen-bond acceptors (Lipinski definition) is 2. The van der Waals surface area contributed by atoms with E-state index in [2.05, 4.69) is 35.4 Å². The van der Waals surface area contributed by atoms with Gasteiger partial charge >= 0.3 is 0 Å². The molecule has 0 amide bonds. The average molecular weight is 273 g/mol. The molecule has 0 radical (unpaired) electrons. The summed E-state index contributed by atoms with van der Waals surface area (Å²) < 4.78 is 0. The second-order valence-corrected chi connectivity index (χ2v) is 5.60. The summed E-state index contributed by atoms with van der Waals surface area (Å²) in [5, 5.41) is 4.49. The van der Waals surface area contributed by atoms with Crippen LogP contribution in [0, 0.1) is 0 Å². The Bertz CT molecular complexity index is 568. The molecule has 2 aromatic rings. The van der Waals surface area contributed by atoms with Crippen LogP contribution < -0.4 is 5.32 Å². The highest BCUT2D eigenvalue weighted by molar-refractivity contribution is 6.30. The van der Waals surface area contributed by atoms with Gasteiger partial charge in [0.05, 0.1) is 5.69 Å². The molecule has 3 heteroatoms. The van der Waals surface area contributed by atoms with Gasteiger partial charge in [-0.05, 0) is 55.2 Å². The number of nitrogens with zero attached hydrogens (tertiary/aromatic N) is 1. The first kappa shape index (κ1) is 12.6. The molecule has 19 heavy (non-hydrogen) atoms. The molecule has 2 nitrogen and oxygen atoms in total. The quantitative estimate of drug-likeness (QED) is 0.924. The van der Waals surface area contributed by atoms with Crippen molar-refractivity contribution in [3.05, 3.63) is 64.4 Å². The zero-order valence-corrected chi connectivity index (χ0v) is 11.7. The number of rotatable bonds is 3. The molecule has 3 rings (SSSR count). The maximum absolute atomic E-state index is 6.04. The summed E-state index contributed by atoms with van der Waals surface area (Å²) in [5.41, 5.74) is 3.88. The highest BCUT2D eigenvalue weighted by Gasteiger charge is 2.23. The maximum atomic E-state index is 6.04. The monoisotopic (exact) mass is 272 g/mol. The molecule has 2 atom stereocenters. The van der Waals surface area contributed by atoms with Crippen molar-refractivity contribution in [3.63, 3.8) is 0 Å². The lowest BCUT2D eigenvalue weighted by atomic mass is 10.1. The van der Waals surface area contributed by atoms with E-state index in [1.54, 1.807) is 0 Å². The number of fused-ring (bicyclic) bond motifs is 1. The molecule has 1 aromatic carbocycles. The minimum atomic E-state index is 0.274. The lowest BCUT2D eigenvalue weighted by Gasteiger charge is -2.18. The van der Waals surface area contributed by atoms with Crippen LogP contribution >= 0.6 is 11.6 Å². The highest BCUT2D eigenvalue weighted by atomic mass is 35.5. The first-order valence-corrected chi connectivity index (χ1v) is 7.04. The molecule has 0 saturated heterocycles. The fourth-order valence-electron chi connectivity index (χ4n) is 2.78. The van der Waals surface area contributed by atoms with Gasteiger partial charge < -0.3 is 5.32 Å². The molecule has 98 valence electrons. The molecule has 0 bridgehead atoms. The van der Waals surface area contributed by atoms with Crippen molar-refractivity contribution < 1.29 is 0 Å². The smallest absolute Gasteiger partial charge is 0.0570 e. The summed E-state index contributed by atoms with van der Waals surface area (Å²) in [6.07, 6.45) is 3.97. The predicted molar refractivity (Wildman–Crippen MR) is 78.4 cm³/mol. The van der Waals surface area contributed by atoms with Crippen LogP contribution in [0.1, 0.15) is 29.8 Å². The van der Waals surface area contributed by atoms with Gasteiger partial charge in [0, 0.05) is 23.3 Å². The van der Waals surface area contributed by atoms with Gasteiger partial charge in [-0.2, -0.15) is 0 Å². The molecule has 0 saturated carbocycles. The van der Waals surface area contributed by atoms with Gasteiger partial charge in [-0.1, -0.05) is 23.7 Å². The number of benzene rings is 1. The predicted octanol–water partition coefficient (Wildman–Crippen LogP) is 3.55. The Balaban J connectivity index is 1.67. The molecule has 1 aromatic heterocycles. The minimum absolute atomic E-state index is 0.274. The van der Waals surface area contributed by atoms with E-state index < -0.39 is 0 Å². The number of hydrogen-bond donors (Lipinski definition) is 1. The van der Waals surface area contributed by atoms with E-state index in [9.17, 15) is 0 Å². The Kier molecular flexibility index (Phi) is 3.54. The number of aromatic nitrogens is 1. The molecule has 1 N–H and O–H groups in total. The van der Waals surface area contributed by atoms with E-state index in [4.69, 9.17) is 11.6 Å². The van der Waals surface area contributed by atoms with Gasteiger partial charge in [0.15, 0.2) is 0 Å². The highest BCUT2D eigenvalue weighted by Crippen LogP contribution is 2.26. The number of halogens is 1. The maximum Gasteiger partial charge on any atom is 0.0570 e. The third kappa shape index (κ3) is 2.80. The second-order valence-electron chi connectivity index (χ2n) is 5.16. The Hall–Kier alpha value is -1.38. The van der Waals surface area contributed by atoms with Crippen LogP contribution in [0.2, 0.25) is 5.02 Å². The molecular weight excluding hydrogens is 256 g/mol. The Morgan fingerprint density at radius 1 is 1.21 bits per heavy atom. The van der Waals surface area contributed by atoms with E-state index in [-0.39, 0.29) is 6.04 Å². The summed E-state index contributed by atoms with van der Waals surface area (Å²) in [4.78, 5) is 4.40. The summed E-state index contributed by atoms with van der Waals surface area (Å²) in [5.74, 6) is 0. The van der Waals surface area contributed by atoms with Crippen molar-refractivity contribution in [1.29, 1.82) is 0 Å². The number of pyridine rings is 1. The van der Waals surface area contributed by atoms with E-state index in [1.165, 1.54) is 11.1 Å². The zero-order chi connectivity index (χ0) is 13.2. The van der Waals surface area contributed by atoms with Crippen LogP contribution in [0.25, 0.3) is 0 Å². The second kappa shape index (κ2) is 5.32. The van der Waals surface area contributed by atoms with Gasteiger partial charge in [0.25, 0.3) is 0 Å². The molecule has 0 spiro atoms. The third-order valence-corrected chi connectivity index (χ3v) is 3.95. The Morgan fingerprint density at radius 3 is 2.84 bits per heavy atom. The average Bonchev–Trinajstić information content (AvgIpc) is 2.81. The molecule has 0 aliphatic heterocycles. The van der Waals surface area contributed by atoms with Crippen molar-refractivity contribution in [3.8, 4) is 0 Å². The van der Waals surface area contributed by atoms with Crippen molar-refractivity contribution >= 4 is 11.6 Å². The minimum Gasteiger partial charge on any atom is -0.305 e. The summed E-state index contributed by atoms with van der Waals surface area (Å²) >= 11 is 6.04. The lowest BCUT2D eigenvalue weighted by molar-refractivity contribution is 0.461. The molecule has 1 aliphatic rings. The van der Waals surface area contributed by atoms with Crippen molar-refractivity contribution in [2.75, 3.05) is 0 Å². The van der Waals surface area contributed by atoms with E-state index in [0.717, 1.165) is 23.6 Å². The van der Waals surface area contributed by atoms with Gasteiger partial charge in [-0.15, -0.1) is 0 Å². The van der Waals surface area contributed by atoms with Crippen molar-refractivity contribution in [2.45, 2.75) is 31.8 Å². The van der Waals surface area contributed by atoms with Crippen LogP contribution in [0.15, 0.2) is 42.6 Å².